The molecule has 1 aromatic rings. The summed E-state index contributed by atoms with van der Waals surface area (Å²) in [6.07, 6.45) is 2.48. The van der Waals surface area contributed by atoms with E-state index in [1.165, 1.54) is 18.9 Å². The van der Waals surface area contributed by atoms with Crippen LogP contribution in [0.1, 0.15) is 30.1 Å². The summed E-state index contributed by atoms with van der Waals surface area (Å²) in [5.74, 6) is -0.280. The summed E-state index contributed by atoms with van der Waals surface area (Å²) in [4.78, 5) is 14.3. The second kappa shape index (κ2) is 6.03. The minimum absolute atomic E-state index is 0.0603. The molecule has 1 amide bonds. The molecule has 0 saturated heterocycles. The number of nitrogens with one attached hydrogen (secondary N) is 1. The zero-order valence-electron chi connectivity index (χ0n) is 10.9. The zero-order chi connectivity index (χ0) is 14.0. The quantitative estimate of drug-likeness (QED) is 0.904. The molecule has 0 aromatic carbocycles. The Hall–Kier alpha value is -0.910. The molecule has 1 atom stereocenters. The Kier molecular flexibility index (Phi) is 4.60. The number of halogens is 2. The molecule has 19 heavy (non-hydrogen) atoms. The lowest BCUT2D eigenvalue weighted by atomic mass is 10.2. The van der Waals surface area contributed by atoms with Gasteiger partial charge < -0.3 is 5.32 Å². The second-order valence-electron chi connectivity index (χ2n) is 4.83. The Balaban J connectivity index is 1.91. The van der Waals surface area contributed by atoms with Gasteiger partial charge in [-0.05, 0) is 32.9 Å². The Morgan fingerprint density at radius 1 is 1.53 bits per heavy atom. The first-order chi connectivity index (χ1) is 8.99. The number of carbonyl (C=O) groups excluding carboxylic acids is 1. The summed E-state index contributed by atoms with van der Waals surface area (Å²) in [7, 11) is 2.08. The molecule has 0 spiro atoms. The average Bonchev–Trinajstić information content (AvgIpc) is 3.21. The fourth-order valence-corrected chi connectivity index (χ4v) is 2.16. The van der Waals surface area contributed by atoms with Crippen molar-refractivity contribution in [3.63, 3.8) is 0 Å². The van der Waals surface area contributed by atoms with E-state index in [-0.39, 0.29) is 27.8 Å². The largest absolute Gasteiger partial charge is 0.350 e. The number of hydrogen-bond acceptors (Lipinski definition) is 4. The molecule has 1 unspecified atom stereocenters. The van der Waals surface area contributed by atoms with Gasteiger partial charge in [-0.25, -0.2) is 0 Å². The summed E-state index contributed by atoms with van der Waals surface area (Å²) in [6, 6.07) is 2.36. The molecule has 7 heteroatoms. The fourth-order valence-electron chi connectivity index (χ4n) is 1.83. The molecular weight excluding hydrogens is 287 g/mol. The van der Waals surface area contributed by atoms with Crippen molar-refractivity contribution in [2.45, 2.75) is 31.8 Å². The van der Waals surface area contributed by atoms with Crippen LogP contribution < -0.4 is 5.32 Å². The normalized spacial score (nSPS) is 16.5. The number of carbonyl (C=O) groups is 1. The van der Waals surface area contributed by atoms with E-state index in [2.05, 4.69) is 34.4 Å². The van der Waals surface area contributed by atoms with Gasteiger partial charge in [0.2, 0.25) is 0 Å². The van der Waals surface area contributed by atoms with Gasteiger partial charge in [-0.1, -0.05) is 23.2 Å². The molecular formula is C12H16Cl2N4O. The van der Waals surface area contributed by atoms with Crippen molar-refractivity contribution in [3.05, 3.63) is 21.9 Å². The van der Waals surface area contributed by atoms with E-state index in [0.29, 0.717) is 12.6 Å². The van der Waals surface area contributed by atoms with Gasteiger partial charge in [-0.2, -0.15) is 0 Å². The first kappa shape index (κ1) is 14.5. The summed E-state index contributed by atoms with van der Waals surface area (Å²) in [5.41, 5.74) is 0.253. The van der Waals surface area contributed by atoms with Crippen LogP contribution in [0.5, 0.6) is 0 Å². The van der Waals surface area contributed by atoms with E-state index in [1.807, 2.05) is 0 Å². The summed E-state index contributed by atoms with van der Waals surface area (Å²) >= 11 is 11.5. The molecule has 1 aliphatic carbocycles. The molecule has 1 fully saturated rings. The van der Waals surface area contributed by atoms with Crippen molar-refractivity contribution in [2.24, 2.45) is 0 Å². The minimum atomic E-state index is -0.280. The fraction of sp³-hybridized carbons (Fsp3) is 0.583. The third-order valence-corrected chi connectivity index (χ3v) is 3.80. The van der Waals surface area contributed by atoms with Gasteiger partial charge in [0.05, 0.1) is 5.56 Å². The summed E-state index contributed by atoms with van der Waals surface area (Å²) in [6.45, 7) is 2.64. The lowest BCUT2D eigenvalue weighted by Gasteiger charge is -2.24. The highest BCUT2D eigenvalue weighted by molar-refractivity contribution is 6.34. The molecule has 0 aliphatic heterocycles. The number of hydrogen-bond donors (Lipinski definition) is 1. The van der Waals surface area contributed by atoms with Crippen molar-refractivity contribution in [1.82, 2.24) is 20.4 Å². The van der Waals surface area contributed by atoms with Crippen LogP contribution in [0, 0.1) is 0 Å². The Morgan fingerprint density at radius 3 is 2.84 bits per heavy atom. The Bertz CT molecular complexity index is 479. The van der Waals surface area contributed by atoms with Crippen LogP contribution in [0.15, 0.2) is 6.07 Å². The highest BCUT2D eigenvalue weighted by atomic mass is 35.5. The van der Waals surface area contributed by atoms with Crippen LogP contribution in [0.4, 0.5) is 0 Å². The minimum Gasteiger partial charge on any atom is -0.350 e. The Morgan fingerprint density at radius 2 is 2.21 bits per heavy atom. The van der Waals surface area contributed by atoms with Gasteiger partial charge in [0.15, 0.2) is 10.3 Å². The highest BCUT2D eigenvalue weighted by Crippen LogP contribution is 2.26. The molecule has 1 saturated carbocycles. The number of amides is 1. The van der Waals surface area contributed by atoms with Gasteiger partial charge in [-0.3, -0.25) is 9.69 Å². The molecule has 5 nitrogen and oxygen atoms in total. The van der Waals surface area contributed by atoms with E-state index in [9.17, 15) is 4.79 Å². The van der Waals surface area contributed by atoms with Crippen LogP contribution in [-0.4, -0.2) is 46.7 Å². The van der Waals surface area contributed by atoms with E-state index >= 15 is 0 Å². The monoisotopic (exact) mass is 302 g/mol. The molecule has 104 valence electrons. The topological polar surface area (TPSA) is 58.1 Å². The van der Waals surface area contributed by atoms with Crippen molar-refractivity contribution in [3.8, 4) is 0 Å². The number of rotatable bonds is 5. The molecule has 1 aromatic heterocycles. The summed E-state index contributed by atoms with van der Waals surface area (Å²) < 4.78 is 0. The van der Waals surface area contributed by atoms with Gasteiger partial charge in [0.1, 0.15) is 0 Å². The van der Waals surface area contributed by atoms with Crippen LogP contribution in [0.3, 0.4) is 0 Å². The number of aromatic nitrogens is 2. The van der Waals surface area contributed by atoms with Crippen LogP contribution in [0.25, 0.3) is 0 Å². The van der Waals surface area contributed by atoms with E-state index in [0.717, 1.165) is 0 Å². The molecule has 1 heterocycles. The van der Waals surface area contributed by atoms with Gasteiger partial charge >= 0.3 is 0 Å². The molecule has 1 N–H and O–H groups in total. The highest BCUT2D eigenvalue weighted by Gasteiger charge is 2.29. The van der Waals surface area contributed by atoms with E-state index in [1.54, 1.807) is 0 Å². The standard InChI is InChI=1S/C12H16Cl2N4O/c1-7(18(2)8-3-4-8)6-15-12(19)9-5-10(13)16-17-11(9)14/h5,7-8H,3-4,6H2,1-2H3,(H,15,19). The maximum absolute atomic E-state index is 12.0. The molecule has 2 rings (SSSR count). The van der Waals surface area contributed by atoms with Crippen molar-refractivity contribution in [2.75, 3.05) is 13.6 Å². The Labute approximate surface area is 122 Å². The predicted octanol–water partition coefficient (Wildman–Crippen LogP) is 2.00. The van der Waals surface area contributed by atoms with Crippen molar-refractivity contribution < 1.29 is 4.79 Å². The van der Waals surface area contributed by atoms with E-state index in [4.69, 9.17) is 23.2 Å². The molecule has 0 bridgehead atoms. The smallest absolute Gasteiger partial charge is 0.254 e. The maximum atomic E-state index is 12.0. The number of nitrogens with zero attached hydrogens (tertiary/aromatic N) is 3. The maximum Gasteiger partial charge on any atom is 0.254 e. The average molecular weight is 303 g/mol. The van der Waals surface area contributed by atoms with Crippen LogP contribution in [0.2, 0.25) is 10.3 Å². The third-order valence-electron chi connectivity index (χ3n) is 3.34. The second-order valence-corrected chi connectivity index (χ2v) is 5.57. The lowest BCUT2D eigenvalue weighted by Crippen LogP contribution is -2.41. The van der Waals surface area contributed by atoms with Gasteiger partial charge in [0, 0.05) is 18.6 Å². The SMILES string of the molecule is CC(CNC(=O)c1cc(Cl)nnc1Cl)N(C)C1CC1. The first-order valence-electron chi connectivity index (χ1n) is 6.18. The molecule has 0 radical (unpaired) electrons. The van der Waals surface area contributed by atoms with Crippen molar-refractivity contribution >= 4 is 29.1 Å². The third kappa shape index (κ3) is 3.78. The molecule has 1 aliphatic rings. The predicted molar refractivity (Wildman–Crippen MR) is 74.6 cm³/mol. The van der Waals surface area contributed by atoms with Gasteiger partial charge in [0.25, 0.3) is 5.91 Å². The summed E-state index contributed by atoms with van der Waals surface area (Å²) in [5, 5.41) is 10.2. The van der Waals surface area contributed by atoms with Crippen LogP contribution >= 0.6 is 23.2 Å². The zero-order valence-corrected chi connectivity index (χ0v) is 12.4. The van der Waals surface area contributed by atoms with E-state index < -0.39 is 0 Å². The van der Waals surface area contributed by atoms with Crippen molar-refractivity contribution in [1.29, 1.82) is 0 Å². The van der Waals surface area contributed by atoms with Gasteiger partial charge in [-0.15, -0.1) is 10.2 Å². The lowest BCUT2D eigenvalue weighted by molar-refractivity contribution is 0.0939. The first-order valence-corrected chi connectivity index (χ1v) is 6.93. The van der Waals surface area contributed by atoms with Crippen LogP contribution in [-0.2, 0) is 0 Å². The number of likely N-dealkylation sites (N-methyl/N-ethyl adjacent to an activating group) is 1.